The number of pyridine rings is 2. The number of phenolic OH excluding ortho intramolecular Hbond substituents is 2. The van der Waals surface area contributed by atoms with Crippen LogP contribution in [0.2, 0.25) is 0 Å². The van der Waals surface area contributed by atoms with Gasteiger partial charge in [-0.1, -0.05) is 24.3 Å². The molecule has 4 aromatic rings. The Morgan fingerprint density at radius 1 is 0.654 bits per heavy atom. The van der Waals surface area contributed by atoms with Crippen LogP contribution in [-0.4, -0.2) is 20.2 Å². The normalized spacial score (nSPS) is 19.5. The summed E-state index contributed by atoms with van der Waals surface area (Å²) in [6.45, 7) is 0. The Balaban J connectivity index is 1.65. The molecule has 0 bridgehead atoms. The fourth-order valence-corrected chi connectivity index (χ4v) is 4.25. The minimum atomic E-state index is 0.222. The third kappa shape index (κ3) is 2.15. The van der Waals surface area contributed by atoms with Gasteiger partial charge in [0.05, 0.1) is 0 Å². The SMILES string of the molecule is Oc1ccc([C@H]2CC[C@H]2c2ccc(O)c3ncccc23)c2cccnc12. The van der Waals surface area contributed by atoms with Crippen molar-refractivity contribution >= 4 is 21.8 Å². The maximum absolute atomic E-state index is 10.1. The highest BCUT2D eigenvalue weighted by Gasteiger charge is 2.35. The van der Waals surface area contributed by atoms with Gasteiger partial charge >= 0.3 is 0 Å². The summed E-state index contributed by atoms with van der Waals surface area (Å²) >= 11 is 0. The van der Waals surface area contributed by atoms with Gasteiger partial charge in [0.1, 0.15) is 22.5 Å². The average Bonchev–Trinajstić information content (AvgIpc) is 2.66. The number of fused-ring (bicyclic) bond motifs is 2. The first kappa shape index (κ1) is 15.1. The minimum Gasteiger partial charge on any atom is -0.506 e. The number of rotatable bonds is 2. The second kappa shape index (κ2) is 5.70. The van der Waals surface area contributed by atoms with Crippen LogP contribution in [0.15, 0.2) is 60.9 Å². The molecule has 2 aromatic heterocycles. The van der Waals surface area contributed by atoms with Crippen molar-refractivity contribution in [3.8, 4) is 11.5 Å². The summed E-state index contributed by atoms with van der Waals surface area (Å²) < 4.78 is 0. The zero-order valence-corrected chi connectivity index (χ0v) is 14.1. The Morgan fingerprint density at radius 2 is 1.12 bits per heavy atom. The van der Waals surface area contributed by atoms with Gasteiger partial charge in [-0.05, 0) is 60.1 Å². The molecule has 26 heavy (non-hydrogen) atoms. The average molecular weight is 342 g/mol. The molecule has 2 N–H and O–H groups in total. The van der Waals surface area contributed by atoms with Crippen molar-refractivity contribution in [1.82, 2.24) is 9.97 Å². The molecule has 1 fully saturated rings. The quantitative estimate of drug-likeness (QED) is 0.546. The second-order valence-electron chi connectivity index (χ2n) is 6.94. The van der Waals surface area contributed by atoms with Crippen molar-refractivity contribution in [2.24, 2.45) is 0 Å². The monoisotopic (exact) mass is 342 g/mol. The molecule has 0 radical (unpaired) electrons. The fraction of sp³-hybridized carbons (Fsp3) is 0.182. The lowest BCUT2D eigenvalue weighted by Crippen LogP contribution is -2.22. The summed E-state index contributed by atoms with van der Waals surface area (Å²) in [6, 6.07) is 15.4. The summed E-state index contributed by atoms with van der Waals surface area (Å²) in [5, 5.41) is 22.3. The van der Waals surface area contributed by atoms with E-state index in [4.69, 9.17) is 0 Å². The van der Waals surface area contributed by atoms with E-state index in [9.17, 15) is 10.2 Å². The maximum Gasteiger partial charge on any atom is 0.141 e. The second-order valence-corrected chi connectivity index (χ2v) is 6.94. The minimum absolute atomic E-state index is 0.222. The summed E-state index contributed by atoms with van der Waals surface area (Å²) in [4.78, 5) is 8.70. The van der Waals surface area contributed by atoms with E-state index in [0.717, 1.165) is 23.6 Å². The van der Waals surface area contributed by atoms with Crippen molar-refractivity contribution in [3.05, 3.63) is 72.1 Å². The molecule has 0 unspecified atom stereocenters. The first-order valence-corrected chi connectivity index (χ1v) is 8.87. The van der Waals surface area contributed by atoms with Crippen LogP contribution in [-0.2, 0) is 0 Å². The topological polar surface area (TPSA) is 66.2 Å². The number of phenols is 2. The Bertz CT molecular complexity index is 1050. The molecule has 0 saturated heterocycles. The number of hydrogen-bond donors (Lipinski definition) is 2. The molecule has 5 rings (SSSR count). The third-order valence-corrected chi connectivity index (χ3v) is 5.64. The van der Waals surface area contributed by atoms with E-state index in [1.165, 1.54) is 11.1 Å². The molecular formula is C22H18N2O2. The first-order chi connectivity index (χ1) is 12.7. The number of aromatic nitrogens is 2. The van der Waals surface area contributed by atoms with Crippen molar-refractivity contribution in [1.29, 1.82) is 0 Å². The van der Waals surface area contributed by atoms with E-state index >= 15 is 0 Å². The van der Waals surface area contributed by atoms with Gasteiger partial charge in [-0.3, -0.25) is 9.97 Å². The van der Waals surface area contributed by atoms with Crippen LogP contribution in [0.3, 0.4) is 0 Å². The zero-order valence-electron chi connectivity index (χ0n) is 14.1. The third-order valence-electron chi connectivity index (χ3n) is 5.64. The van der Waals surface area contributed by atoms with Gasteiger partial charge < -0.3 is 10.2 Å². The highest BCUT2D eigenvalue weighted by atomic mass is 16.3. The van der Waals surface area contributed by atoms with Crippen molar-refractivity contribution in [2.75, 3.05) is 0 Å². The molecule has 0 amide bonds. The Labute approximate surface area is 150 Å². The van der Waals surface area contributed by atoms with Crippen molar-refractivity contribution in [2.45, 2.75) is 24.7 Å². The summed E-state index contributed by atoms with van der Waals surface area (Å²) in [5.74, 6) is 1.18. The first-order valence-electron chi connectivity index (χ1n) is 8.87. The Hall–Kier alpha value is -3.14. The van der Waals surface area contributed by atoms with Crippen LogP contribution in [0.5, 0.6) is 11.5 Å². The number of hydrogen-bond acceptors (Lipinski definition) is 4. The van der Waals surface area contributed by atoms with Crippen molar-refractivity contribution in [3.63, 3.8) is 0 Å². The fourth-order valence-electron chi connectivity index (χ4n) is 4.25. The smallest absolute Gasteiger partial charge is 0.141 e. The lowest BCUT2D eigenvalue weighted by atomic mass is 9.65. The van der Waals surface area contributed by atoms with E-state index in [0.29, 0.717) is 22.9 Å². The molecule has 2 atom stereocenters. The summed E-state index contributed by atoms with van der Waals surface area (Å²) in [7, 11) is 0. The van der Waals surface area contributed by atoms with Gasteiger partial charge in [0.25, 0.3) is 0 Å². The molecule has 0 aliphatic heterocycles. The summed E-state index contributed by atoms with van der Waals surface area (Å²) in [5.41, 5.74) is 3.78. The van der Waals surface area contributed by atoms with Crippen LogP contribution in [0, 0.1) is 0 Å². The van der Waals surface area contributed by atoms with E-state index < -0.39 is 0 Å². The van der Waals surface area contributed by atoms with Gasteiger partial charge in [-0.2, -0.15) is 0 Å². The van der Waals surface area contributed by atoms with E-state index in [1.54, 1.807) is 24.5 Å². The molecule has 2 heterocycles. The standard InChI is InChI=1S/C22H18N2O2/c25-19-9-7-15(17-3-1-11-23-21(17)19)13-5-6-14(13)16-8-10-20(26)22-18(16)4-2-12-24-22/h1-4,7-14,25-26H,5-6H2/t13-,14+. The molecule has 1 saturated carbocycles. The highest BCUT2D eigenvalue weighted by Crippen LogP contribution is 2.52. The van der Waals surface area contributed by atoms with Gasteiger partial charge in [0.2, 0.25) is 0 Å². The number of nitrogens with zero attached hydrogens (tertiary/aromatic N) is 2. The van der Waals surface area contributed by atoms with Gasteiger partial charge in [0.15, 0.2) is 0 Å². The van der Waals surface area contributed by atoms with Gasteiger partial charge in [-0.15, -0.1) is 0 Å². The van der Waals surface area contributed by atoms with Crippen LogP contribution in [0.1, 0.15) is 35.8 Å². The predicted molar refractivity (Wildman–Crippen MR) is 102 cm³/mol. The van der Waals surface area contributed by atoms with E-state index in [1.807, 2.05) is 36.4 Å². The van der Waals surface area contributed by atoms with Crippen molar-refractivity contribution < 1.29 is 10.2 Å². The molecule has 128 valence electrons. The van der Waals surface area contributed by atoms with Gasteiger partial charge in [-0.25, -0.2) is 0 Å². The van der Waals surface area contributed by atoms with Crippen LogP contribution in [0.4, 0.5) is 0 Å². The Morgan fingerprint density at radius 3 is 1.54 bits per heavy atom. The van der Waals surface area contributed by atoms with Crippen LogP contribution < -0.4 is 0 Å². The largest absolute Gasteiger partial charge is 0.506 e. The Kier molecular flexibility index (Phi) is 3.32. The number of benzene rings is 2. The van der Waals surface area contributed by atoms with Crippen LogP contribution in [0.25, 0.3) is 21.8 Å². The maximum atomic E-state index is 10.1. The van der Waals surface area contributed by atoms with E-state index in [-0.39, 0.29) is 11.5 Å². The molecule has 1 aliphatic rings. The number of aromatic hydroxyl groups is 2. The molecule has 4 nitrogen and oxygen atoms in total. The molecule has 4 heteroatoms. The molecule has 2 aromatic carbocycles. The summed E-state index contributed by atoms with van der Waals surface area (Å²) in [6.07, 6.45) is 5.62. The lowest BCUT2D eigenvalue weighted by molar-refractivity contribution is 0.350. The molecule has 1 aliphatic carbocycles. The molecule has 0 spiro atoms. The van der Waals surface area contributed by atoms with Gasteiger partial charge in [0, 0.05) is 23.2 Å². The van der Waals surface area contributed by atoms with Crippen LogP contribution >= 0.6 is 0 Å². The zero-order chi connectivity index (χ0) is 17.7. The molecular weight excluding hydrogens is 324 g/mol. The van der Waals surface area contributed by atoms with E-state index in [2.05, 4.69) is 9.97 Å². The highest BCUT2D eigenvalue weighted by molar-refractivity contribution is 5.89. The lowest BCUT2D eigenvalue weighted by Gasteiger charge is -2.38. The predicted octanol–water partition coefficient (Wildman–Crippen LogP) is 4.86.